The van der Waals surface area contributed by atoms with E-state index < -0.39 is 0 Å². The highest BCUT2D eigenvalue weighted by Crippen LogP contribution is 2.14. The van der Waals surface area contributed by atoms with Crippen LogP contribution in [0, 0.1) is 13.8 Å². The average Bonchev–Trinajstić information content (AvgIpc) is 2.65. The highest BCUT2D eigenvalue weighted by atomic mass is 16.5. The van der Waals surface area contributed by atoms with Crippen LogP contribution >= 0.6 is 0 Å². The Morgan fingerprint density at radius 3 is 2.81 bits per heavy atom. The number of hydrogen-bond donors (Lipinski definition) is 1. The standard InChI is InChI=1S/C19H24N4O3/c1-14-4-3-5-16(10-14)26-13-19(24)20-12-17-21-15(2)11-18(22-17)23-6-8-25-9-7-23/h3-5,10-11H,6-9,12-13H2,1-2H3,(H,20,24). The van der Waals surface area contributed by atoms with Crippen LogP contribution in [0.2, 0.25) is 0 Å². The van der Waals surface area contributed by atoms with Gasteiger partial charge in [0.1, 0.15) is 17.4 Å². The van der Waals surface area contributed by atoms with E-state index in [0.717, 1.165) is 30.2 Å². The quantitative estimate of drug-likeness (QED) is 0.848. The van der Waals surface area contributed by atoms with E-state index in [1.165, 1.54) is 0 Å². The summed E-state index contributed by atoms with van der Waals surface area (Å²) in [6.45, 7) is 7.17. The van der Waals surface area contributed by atoms with Crippen LogP contribution in [0.4, 0.5) is 5.82 Å². The number of aromatic nitrogens is 2. The summed E-state index contributed by atoms with van der Waals surface area (Å²) >= 11 is 0. The maximum absolute atomic E-state index is 12.0. The lowest BCUT2D eigenvalue weighted by atomic mass is 10.2. The van der Waals surface area contributed by atoms with Gasteiger partial charge >= 0.3 is 0 Å². The molecule has 7 nitrogen and oxygen atoms in total. The van der Waals surface area contributed by atoms with Gasteiger partial charge in [0.15, 0.2) is 6.61 Å². The molecule has 0 spiro atoms. The Balaban J connectivity index is 1.53. The van der Waals surface area contributed by atoms with Crippen LogP contribution in [-0.2, 0) is 16.1 Å². The molecule has 0 saturated carbocycles. The summed E-state index contributed by atoms with van der Waals surface area (Å²) in [5.74, 6) is 1.95. The molecule has 1 aromatic carbocycles. The van der Waals surface area contributed by atoms with Gasteiger partial charge in [0, 0.05) is 24.8 Å². The fraction of sp³-hybridized carbons (Fsp3) is 0.421. The van der Waals surface area contributed by atoms with E-state index in [-0.39, 0.29) is 19.1 Å². The Hall–Kier alpha value is -2.67. The van der Waals surface area contributed by atoms with Crippen LogP contribution in [0.25, 0.3) is 0 Å². The first-order valence-corrected chi connectivity index (χ1v) is 8.73. The number of nitrogens with one attached hydrogen (secondary N) is 1. The molecule has 26 heavy (non-hydrogen) atoms. The van der Waals surface area contributed by atoms with Crippen LogP contribution in [0.5, 0.6) is 5.75 Å². The number of rotatable bonds is 6. The summed E-state index contributed by atoms with van der Waals surface area (Å²) in [4.78, 5) is 23.2. The molecule has 1 amide bonds. The van der Waals surface area contributed by atoms with Gasteiger partial charge in [-0.15, -0.1) is 0 Å². The first-order valence-electron chi connectivity index (χ1n) is 8.73. The lowest BCUT2D eigenvalue weighted by Crippen LogP contribution is -2.37. The smallest absolute Gasteiger partial charge is 0.258 e. The van der Waals surface area contributed by atoms with Crippen LogP contribution in [0.15, 0.2) is 30.3 Å². The van der Waals surface area contributed by atoms with Crippen molar-refractivity contribution in [1.29, 1.82) is 0 Å². The summed E-state index contributed by atoms with van der Waals surface area (Å²) in [6, 6.07) is 9.56. The topological polar surface area (TPSA) is 76.6 Å². The molecule has 2 heterocycles. The molecule has 1 N–H and O–H groups in total. The molecule has 0 unspecified atom stereocenters. The van der Waals surface area contributed by atoms with Gasteiger partial charge in [-0.1, -0.05) is 12.1 Å². The minimum Gasteiger partial charge on any atom is -0.484 e. The Labute approximate surface area is 153 Å². The van der Waals surface area contributed by atoms with E-state index in [4.69, 9.17) is 9.47 Å². The second-order valence-corrected chi connectivity index (χ2v) is 6.27. The molecule has 1 aliphatic rings. The minimum absolute atomic E-state index is 0.0361. The molecular formula is C19H24N4O3. The van der Waals surface area contributed by atoms with Gasteiger partial charge in [-0.3, -0.25) is 4.79 Å². The van der Waals surface area contributed by atoms with Crippen LogP contribution < -0.4 is 15.0 Å². The van der Waals surface area contributed by atoms with Gasteiger partial charge in [0.2, 0.25) is 0 Å². The number of benzene rings is 1. The van der Waals surface area contributed by atoms with Gasteiger partial charge in [0.05, 0.1) is 19.8 Å². The third-order valence-electron chi connectivity index (χ3n) is 4.03. The Kier molecular flexibility index (Phi) is 6.01. The summed E-state index contributed by atoms with van der Waals surface area (Å²) in [7, 11) is 0. The Morgan fingerprint density at radius 1 is 1.23 bits per heavy atom. The van der Waals surface area contributed by atoms with E-state index >= 15 is 0 Å². The van der Waals surface area contributed by atoms with Crippen molar-refractivity contribution in [3.63, 3.8) is 0 Å². The maximum Gasteiger partial charge on any atom is 0.258 e. The second-order valence-electron chi connectivity index (χ2n) is 6.27. The zero-order chi connectivity index (χ0) is 18.4. The van der Waals surface area contributed by atoms with E-state index in [1.54, 1.807) is 0 Å². The van der Waals surface area contributed by atoms with Crippen LogP contribution in [-0.4, -0.2) is 48.8 Å². The number of carbonyl (C=O) groups is 1. The largest absolute Gasteiger partial charge is 0.484 e. The molecule has 138 valence electrons. The molecule has 0 bridgehead atoms. The molecule has 0 radical (unpaired) electrons. The molecule has 1 saturated heterocycles. The summed E-state index contributed by atoms with van der Waals surface area (Å²) in [5, 5.41) is 2.81. The van der Waals surface area contributed by atoms with Crippen molar-refractivity contribution in [1.82, 2.24) is 15.3 Å². The van der Waals surface area contributed by atoms with Gasteiger partial charge < -0.3 is 19.7 Å². The van der Waals surface area contributed by atoms with Crippen molar-refractivity contribution >= 4 is 11.7 Å². The number of ether oxygens (including phenoxy) is 2. The number of anilines is 1. The van der Waals surface area contributed by atoms with Crippen LogP contribution in [0.1, 0.15) is 17.1 Å². The van der Waals surface area contributed by atoms with Gasteiger partial charge in [-0.2, -0.15) is 0 Å². The molecule has 0 aliphatic carbocycles. The lowest BCUT2D eigenvalue weighted by Gasteiger charge is -2.28. The first-order chi connectivity index (χ1) is 12.6. The van der Waals surface area contributed by atoms with E-state index in [0.29, 0.717) is 24.8 Å². The third-order valence-corrected chi connectivity index (χ3v) is 4.03. The monoisotopic (exact) mass is 356 g/mol. The number of morpholine rings is 1. The zero-order valence-corrected chi connectivity index (χ0v) is 15.2. The number of aryl methyl sites for hydroxylation is 2. The number of carbonyl (C=O) groups excluding carboxylic acids is 1. The second kappa shape index (κ2) is 8.62. The summed E-state index contributed by atoms with van der Waals surface area (Å²) in [6.07, 6.45) is 0. The normalized spacial score (nSPS) is 14.2. The molecule has 7 heteroatoms. The minimum atomic E-state index is -0.204. The first kappa shape index (κ1) is 18.1. The van der Waals surface area contributed by atoms with Crippen LogP contribution in [0.3, 0.4) is 0 Å². The molecule has 1 aliphatic heterocycles. The summed E-state index contributed by atoms with van der Waals surface area (Å²) < 4.78 is 10.9. The Bertz CT molecular complexity index is 760. The van der Waals surface area contributed by atoms with Crippen molar-refractivity contribution in [3.05, 3.63) is 47.4 Å². The van der Waals surface area contributed by atoms with Crippen molar-refractivity contribution < 1.29 is 14.3 Å². The average molecular weight is 356 g/mol. The molecular weight excluding hydrogens is 332 g/mol. The van der Waals surface area contributed by atoms with Gasteiger partial charge in [-0.25, -0.2) is 9.97 Å². The molecule has 2 aromatic rings. The van der Waals surface area contributed by atoms with Gasteiger partial charge in [-0.05, 0) is 31.5 Å². The SMILES string of the molecule is Cc1cccc(OCC(=O)NCc2nc(C)cc(N3CCOCC3)n2)c1. The van der Waals surface area contributed by atoms with Crippen molar-refractivity contribution in [2.24, 2.45) is 0 Å². The van der Waals surface area contributed by atoms with E-state index in [9.17, 15) is 4.79 Å². The van der Waals surface area contributed by atoms with E-state index in [1.807, 2.05) is 44.2 Å². The number of hydrogen-bond acceptors (Lipinski definition) is 6. The molecule has 0 atom stereocenters. The highest BCUT2D eigenvalue weighted by Gasteiger charge is 2.14. The predicted octanol–water partition coefficient (Wildman–Crippen LogP) is 1.63. The van der Waals surface area contributed by atoms with Crippen molar-refractivity contribution in [2.75, 3.05) is 37.8 Å². The molecule has 1 aromatic heterocycles. The Morgan fingerprint density at radius 2 is 2.04 bits per heavy atom. The fourth-order valence-electron chi connectivity index (χ4n) is 2.73. The number of nitrogens with zero attached hydrogens (tertiary/aromatic N) is 3. The molecule has 3 rings (SSSR count). The number of amides is 1. The lowest BCUT2D eigenvalue weighted by molar-refractivity contribution is -0.123. The predicted molar refractivity (Wildman–Crippen MR) is 98.3 cm³/mol. The third kappa shape index (κ3) is 5.16. The van der Waals surface area contributed by atoms with Crippen molar-refractivity contribution in [2.45, 2.75) is 20.4 Å². The molecule has 1 fully saturated rings. The summed E-state index contributed by atoms with van der Waals surface area (Å²) in [5.41, 5.74) is 1.97. The fourth-order valence-corrected chi connectivity index (χ4v) is 2.73. The maximum atomic E-state index is 12.0. The van der Waals surface area contributed by atoms with Gasteiger partial charge in [0.25, 0.3) is 5.91 Å². The highest BCUT2D eigenvalue weighted by molar-refractivity contribution is 5.77. The zero-order valence-electron chi connectivity index (χ0n) is 15.2. The van der Waals surface area contributed by atoms with E-state index in [2.05, 4.69) is 20.2 Å². The van der Waals surface area contributed by atoms with Crippen molar-refractivity contribution in [3.8, 4) is 5.75 Å².